The van der Waals surface area contributed by atoms with Gasteiger partial charge in [0.2, 0.25) is 5.91 Å². The summed E-state index contributed by atoms with van der Waals surface area (Å²) in [6.45, 7) is 6.42. The van der Waals surface area contributed by atoms with E-state index < -0.39 is 11.5 Å². The molecule has 1 fully saturated rings. The first-order valence-electron chi connectivity index (χ1n) is 7.51. The molecule has 0 saturated heterocycles. The normalized spacial score (nSPS) is 18.7. The molecule has 1 N–H and O–H groups in total. The van der Waals surface area contributed by atoms with Crippen LogP contribution in [-0.4, -0.2) is 18.6 Å². The van der Waals surface area contributed by atoms with E-state index in [4.69, 9.17) is 4.74 Å². The van der Waals surface area contributed by atoms with Gasteiger partial charge in [-0.05, 0) is 25.2 Å². The van der Waals surface area contributed by atoms with E-state index in [1.165, 1.54) is 12.8 Å². The molecule has 0 atom stereocenters. The van der Waals surface area contributed by atoms with E-state index in [-0.39, 0.29) is 11.8 Å². The first-order valence-corrected chi connectivity index (χ1v) is 7.51. The largest absolute Gasteiger partial charge is 0.449 e. The van der Waals surface area contributed by atoms with Crippen molar-refractivity contribution in [3.8, 4) is 0 Å². The number of imide groups is 1. The van der Waals surface area contributed by atoms with Crippen LogP contribution in [0.15, 0.2) is 0 Å². The van der Waals surface area contributed by atoms with Crippen molar-refractivity contribution in [1.82, 2.24) is 5.32 Å². The summed E-state index contributed by atoms with van der Waals surface area (Å²) >= 11 is 0. The van der Waals surface area contributed by atoms with Crippen molar-refractivity contribution in [2.45, 2.75) is 65.7 Å². The molecule has 4 heteroatoms. The van der Waals surface area contributed by atoms with Crippen LogP contribution in [0.4, 0.5) is 4.79 Å². The van der Waals surface area contributed by atoms with E-state index in [1.807, 2.05) is 6.92 Å². The Morgan fingerprint density at radius 1 is 1.16 bits per heavy atom. The second-order valence-corrected chi connectivity index (χ2v) is 5.82. The predicted molar refractivity (Wildman–Crippen MR) is 74.8 cm³/mol. The van der Waals surface area contributed by atoms with Crippen molar-refractivity contribution in [2.24, 2.45) is 11.3 Å². The number of amides is 2. The number of hydrogen-bond acceptors (Lipinski definition) is 3. The fraction of sp³-hybridized carbons (Fsp3) is 0.867. The van der Waals surface area contributed by atoms with Crippen molar-refractivity contribution >= 4 is 12.0 Å². The molecule has 0 aromatic rings. The lowest BCUT2D eigenvalue weighted by molar-refractivity contribution is -0.134. The van der Waals surface area contributed by atoms with E-state index in [0.717, 1.165) is 32.1 Å². The zero-order valence-corrected chi connectivity index (χ0v) is 12.5. The summed E-state index contributed by atoms with van der Waals surface area (Å²) in [4.78, 5) is 24.0. The van der Waals surface area contributed by atoms with Crippen LogP contribution in [0, 0.1) is 11.3 Å². The molecule has 0 bridgehead atoms. The lowest BCUT2D eigenvalue weighted by Gasteiger charge is -2.34. The number of carbonyl (C=O) groups is 2. The van der Waals surface area contributed by atoms with Gasteiger partial charge in [0.1, 0.15) is 0 Å². The minimum absolute atomic E-state index is 0.148. The summed E-state index contributed by atoms with van der Waals surface area (Å²) in [6, 6.07) is 0. The molecule has 0 spiro atoms. The van der Waals surface area contributed by atoms with Crippen molar-refractivity contribution in [1.29, 1.82) is 0 Å². The van der Waals surface area contributed by atoms with Gasteiger partial charge in [-0.3, -0.25) is 10.1 Å². The highest BCUT2D eigenvalue weighted by Gasteiger charge is 2.42. The molecule has 0 unspecified atom stereocenters. The second-order valence-electron chi connectivity index (χ2n) is 5.82. The Morgan fingerprint density at radius 3 is 2.21 bits per heavy atom. The maximum Gasteiger partial charge on any atom is 0.413 e. The van der Waals surface area contributed by atoms with Crippen molar-refractivity contribution < 1.29 is 14.3 Å². The van der Waals surface area contributed by atoms with Crippen molar-refractivity contribution in [3.05, 3.63) is 0 Å². The van der Waals surface area contributed by atoms with E-state index >= 15 is 0 Å². The number of nitrogens with one attached hydrogen (secondary N) is 1. The van der Waals surface area contributed by atoms with Gasteiger partial charge in [0.15, 0.2) is 0 Å². The number of ether oxygens (including phenoxy) is 1. The van der Waals surface area contributed by atoms with Crippen LogP contribution < -0.4 is 5.32 Å². The zero-order valence-electron chi connectivity index (χ0n) is 12.5. The number of hydrogen-bond donors (Lipinski definition) is 1. The molecule has 0 radical (unpaired) electrons. The summed E-state index contributed by atoms with van der Waals surface area (Å²) in [5.74, 6) is 0.0927. The van der Waals surface area contributed by atoms with Crippen LogP contribution >= 0.6 is 0 Å². The third-order valence-corrected chi connectivity index (χ3v) is 4.21. The maximum atomic E-state index is 12.5. The number of alkyl carbamates (subject to hydrolysis) is 1. The summed E-state index contributed by atoms with van der Waals surface area (Å²) in [5, 5.41) is 2.43. The first kappa shape index (κ1) is 16.0. The van der Waals surface area contributed by atoms with Gasteiger partial charge < -0.3 is 4.74 Å². The molecule has 2 amide bonds. The van der Waals surface area contributed by atoms with E-state index in [1.54, 1.807) is 0 Å². The molecular formula is C15H27NO3. The van der Waals surface area contributed by atoms with Gasteiger partial charge in [-0.1, -0.05) is 46.5 Å². The minimum Gasteiger partial charge on any atom is -0.449 e. The third-order valence-electron chi connectivity index (χ3n) is 4.21. The van der Waals surface area contributed by atoms with Crippen LogP contribution in [0.1, 0.15) is 65.7 Å². The number of rotatable bonds is 4. The van der Waals surface area contributed by atoms with Crippen LogP contribution in [0.2, 0.25) is 0 Å². The molecule has 0 heterocycles. The van der Waals surface area contributed by atoms with Gasteiger partial charge in [0.05, 0.1) is 12.0 Å². The molecular weight excluding hydrogens is 242 g/mol. The highest BCUT2D eigenvalue weighted by atomic mass is 16.5. The van der Waals surface area contributed by atoms with Crippen LogP contribution in [0.5, 0.6) is 0 Å². The van der Waals surface area contributed by atoms with Crippen molar-refractivity contribution in [3.63, 3.8) is 0 Å². The molecule has 1 rings (SSSR count). The molecule has 0 aromatic heterocycles. The predicted octanol–water partition coefficient (Wildman–Crippen LogP) is 3.65. The summed E-state index contributed by atoms with van der Waals surface area (Å²) in [7, 11) is 0. The Bertz CT molecular complexity index is 305. The average molecular weight is 269 g/mol. The summed E-state index contributed by atoms with van der Waals surface area (Å²) in [5.41, 5.74) is -0.401. The summed E-state index contributed by atoms with van der Waals surface area (Å²) in [6.07, 6.45) is 6.40. The Balaban J connectivity index is 2.69. The molecule has 1 aliphatic carbocycles. The zero-order chi connectivity index (χ0) is 14.3. The maximum absolute atomic E-state index is 12.5. The molecule has 0 aliphatic heterocycles. The molecule has 4 nitrogen and oxygen atoms in total. The minimum atomic E-state index is -0.601. The standard InChI is InChI=1S/C15H27NO3/c1-4-11-19-14(18)16-13(17)15(12(2)3)9-7-5-6-8-10-15/h12H,4-11H2,1-3H3,(H,16,17,18). The first-order chi connectivity index (χ1) is 9.03. The third kappa shape index (κ3) is 4.22. The Labute approximate surface area is 116 Å². The van der Waals surface area contributed by atoms with Gasteiger partial charge in [0.25, 0.3) is 0 Å². The SMILES string of the molecule is CCCOC(=O)NC(=O)C1(C(C)C)CCCCCC1. The lowest BCUT2D eigenvalue weighted by atomic mass is 9.70. The van der Waals surface area contributed by atoms with Gasteiger partial charge >= 0.3 is 6.09 Å². The highest BCUT2D eigenvalue weighted by Crippen LogP contribution is 2.41. The van der Waals surface area contributed by atoms with Crippen molar-refractivity contribution in [2.75, 3.05) is 6.61 Å². The molecule has 19 heavy (non-hydrogen) atoms. The van der Waals surface area contributed by atoms with Gasteiger partial charge in [-0.2, -0.15) is 0 Å². The fourth-order valence-corrected chi connectivity index (χ4v) is 2.87. The monoisotopic (exact) mass is 269 g/mol. The summed E-state index contributed by atoms with van der Waals surface area (Å²) < 4.78 is 4.94. The van der Waals surface area contributed by atoms with Crippen LogP contribution in [-0.2, 0) is 9.53 Å². The van der Waals surface area contributed by atoms with Gasteiger partial charge in [-0.15, -0.1) is 0 Å². The van der Waals surface area contributed by atoms with Gasteiger partial charge in [0, 0.05) is 0 Å². The van der Waals surface area contributed by atoms with E-state index in [2.05, 4.69) is 19.2 Å². The topological polar surface area (TPSA) is 55.4 Å². The van der Waals surface area contributed by atoms with Crippen LogP contribution in [0.3, 0.4) is 0 Å². The second kappa shape index (κ2) is 7.51. The fourth-order valence-electron chi connectivity index (χ4n) is 2.87. The Kier molecular flexibility index (Phi) is 6.32. The smallest absolute Gasteiger partial charge is 0.413 e. The quantitative estimate of drug-likeness (QED) is 0.793. The molecule has 1 saturated carbocycles. The molecule has 0 aromatic carbocycles. The molecule has 110 valence electrons. The average Bonchev–Trinajstić information content (AvgIpc) is 2.62. The lowest BCUT2D eigenvalue weighted by Crippen LogP contribution is -2.46. The van der Waals surface area contributed by atoms with E-state index in [9.17, 15) is 9.59 Å². The number of carbonyl (C=O) groups excluding carboxylic acids is 2. The van der Waals surface area contributed by atoms with Crippen LogP contribution in [0.25, 0.3) is 0 Å². The van der Waals surface area contributed by atoms with E-state index in [0.29, 0.717) is 6.61 Å². The Hall–Kier alpha value is -1.06. The molecule has 1 aliphatic rings. The highest BCUT2D eigenvalue weighted by molar-refractivity contribution is 5.95. The van der Waals surface area contributed by atoms with Gasteiger partial charge in [-0.25, -0.2) is 4.79 Å². The Morgan fingerprint density at radius 2 is 1.74 bits per heavy atom.